The van der Waals surface area contributed by atoms with Crippen molar-refractivity contribution in [2.24, 2.45) is 0 Å². The van der Waals surface area contributed by atoms with E-state index in [9.17, 15) is 14.0 Å². The molecule has 0 unspecified atom stereocenters. The Morgan fingerprint density at radius 3 is 2.81 bits per heavy atom. The summed E-state index contributed by atoms with van der Waals surface area (Å²) >= 11 is 2.48. The summed E-state index contributed by atoms with van der Waals surface area (Å²) in [5, 5.41) is 10.5. The second-order valence-electron chi connectivity index (χ2n) is 6.17. The lowest BCUT2D eigenvalue weighted by Gasteiger charge is -2.06. The quantitative estimate of drug-likeness (QED) is 0.255. The summed E-state index contributed by atoms with van der Waals surface area (Å²) in [6.45, 7) is 1.98. The van der Waals surface area contributed by atoms with Crippen LogP contribution in [0.15, 0.2) is 53.3 Å². The van der Waals surface area contributed by atoms with Crippen LogP contribution in [-0.2, 0) is 9.53 Å². The van der Waals surface area contributed by atoms with Crippen molar-refractivity contribution in [1.82, 2.24) is 19.7 Å². The van der Waals surface area contributed by atoms with Gasteiger partial charge in [0.05, 0.1) is 35.2 Å². The Bertz CT molecular complexity index is 1240. The molecule has 3 aromatic heterocycles. The summed E-state index contributed by atoms with van der Waals surface area (Å²) < 4.78 is 19.8. The summed E-state index contributed by atoms with van der Waals surface area (Å²) in [5.74, 6) is -1.02. The summed E-state index contributed by atoms with van der Waals surface area (Å²) in [7, 11) is 0. The Morgan fingerprint density at radius 1 is 1.23 bits per heavy atom. The van der Waals surface area contributed by atoms with Crippen LogP contribution in [0.25, 0.3) is 16.7 Å². The van der Waals surface area contributed by atoms with E-state index in [0.717, 1.165) is 0 Å². The minimum Gasteiger partial charge on any atom is -0.462 e. The molecule has 0 atom stereocenters. The molecule has 0 aliphatic carbocycles. The predicted octanol–water partition coefficient (Wildman–Crippen LogP) is 3.92. The van der Waals surface area contributed by atoms with Crippen LogP contribution in [0.5, 0.6) is 0 Å². The highest BCUT2D eigenvalue weighted by molar-refractivity contribution is 8.00. The van der Waals surface area contributed by atoms with E-state index in [4.69, 9.17) is 4.74 Å². The van der Waals surface area contributed by atoms with Crippen LogP contribution in [-0.4, -0.2) is 44.0 Å². The van der Waals surface area contributed by atoms with E-state index in [1.807, 2.05) is 0 Å². The van der Waals surface area contributed by atoms with Gasteiger partial charge in [-0.2, -0.15) is 5.10 Å². The fourth-order valence-electron chi connectivity index (χ4n) is 2.78. The lowest BCUT2D eigenvalue weighted by molar-refractivity contribution is -0.113. The molecule has 1 N–H and O–H groups in total. The Morgan fingerprint density at radius 2 is 2.03 bits per heavy atom. The molecule has 0 fully saturated rings. The van der Waals surface area contributed by atoms with Crippen molar-refractivity contribution in [3.05, 3.63) is 59.6 Å². The number of fused-ring (bicyclic) bond motifs is 1. The van der Waals surface area contributed by atoms with Gasteiger partial charge in [0, 0.05) is 0 Å². The number of carbonyl (C=O) groups is 2. The highest BCUT2D eigenvalue weighted by atomic mass is 32.2. The molecule has 8 nitrogen and oxygen atoms in total. The van der Waals surface area contributed by atoms with Gasteiger partial charge in [0.25, 0.3) is 0 Å². The maximum atomic E-state index is 13.2. The Labute approximate surface area is 184 Å². The molecule has 31 heavy (non-hydrogen) atoms. The van der Waals surface area contributed by atoms with Crippen LogP contribution in [0.1, 0.15) is 17.3 Å². The number of nitrogens with one attached hydrogen (secondary N) is 1. The Kier molecular flexibility index (Phi) is 6.23. The third-order valence-electron chi connectivity index (χ3n) is 4.15. The lowest BCUT2D eigenvalue weighted by Crippen LogP contribution is -2.16. The predicted molar refractivity (Wildman–Crippen MR) is 116 cm³/mol. The van der Waals surface area contributed by atoms with Crippen LogP contribution in [0.4, 0.5) is 9.39 Å². The van der Waals surface area contributed by atoms with Crippen molar-refractivity contribution in [1.29, 1.82) is 0 Å². The average molecular weight is 458 g/mol. The first-order valence-corrected chi connectivity index (χ1v) is 11.0. The molecule has 0 saturated carbocycles. The lowest BCUT2D eigenvalue weighted by atomic mass is 10.3. The molecule has 11 heteroatoms. The number of halogens is 1. The zero-order valence-electron chi connectivity index (χ0n) is 16.2. The number of nitrogens with zero attached hydrogens (tertiary/aromatic N) is 4. The molecule has 1 amide bonds. The van der Waals surface area contributed by atoms with Crippen molar-refractivity contribution < 1.29 is 18.7 Å². The van der Waals surface area contributed by atoms with E-state index in [1.165, 1.54) is 41.6 Å². The first kappa shape index (κ1) is 20.9. The van der Waals surface area contributed by atoms with E-state index in [-0.39, 0.29) is 24.1 Å². The second-order valence-corrected chi connectivity index (χ2v) is 8.05. The fraction of sp³-hybridized carbons (Fsp3) is 0.150. The van der Waals surface area contributed by atoms with Crippen LogP contribution in [0.3, 0.4) is 0 Å². The van der Waals surface area contributed by atoms with Gasteiger partial charge in [0.15, 0.2) is 5.65 Å². The van der Waals surface area contributed by atoms with Crippen molar-refractivity contribution in [3.63, 3.8) is 0 Å². The molecule has 0 saturated heterocycles. The number of aromatic nitrogens is 4. The number of amides is 1. The summed E-state index contributed by atoms with van der Waals surface area (Å²) in [6, 6.07) is 7.51. The summed E-state index contributed by atoms with van der Waals surface area (Å²) in [4.78, 5) is 32.9. The van der Waals surface area contributed by atoms with E-state index >= 15 is 0 Å². The van der Waals surface area contributed by atoms with E-state index in [1.54, 1.807) is 41.4 Å². The largest absolute Gasteiger partial charge is 0.462 e. The minimum atomic E-state index is -0.475. The van der Waals surface area contributed by atoms with Gasteiger partial charge in [-0.3, -0.25) is 4.79 Å². The highest BCUT2D eigenvalue weighted by Gasteiger charge is 2.17. The van der Waals surface area contributed by atoms with Crippen molar-refractivity contribution in [2.75, 3.05) is 17.7 Å². The molecule has 3 heterocycles. The third kappa shape index (κ3) is 4.57. The summed E-state index contributed by atoms with van der Waals surface area (Å²) in [6.07, 6.45) is 3.00. The maximum absolute atomic E-state index is 13.2. The molecule has 4 aromatic rings. The van der Waals surface area contributed by atoms with E-state index in [0.29, 0.717) is 32.3 Å². The second kappa shape index (κ2) is 9.23. The molecule has 0 radical (unpaired) electrons. The van der Waals surface area contributed by atoms with Gasteiger partial charge >= 0.3 is 5.97 Å². The normalized spacial score (nSPS) is 10.9. The van der Waals surface area contributed by atoms with Gasteiger partial charge in [0.1, 0.15) is 22.2 Å². The standard InChI is InChI=1S/C20H16FN5O3S2/c1-2-29-20(28)14-7-8-30-19(14)25-16(27)10-31-18-15-9-24-26(17(15)22-11-23-18)13-5-3-12(21)4-6-13/h3-9,11H,2,10H2,1H3,(H,25,27). The zero-order chi connectivity index (χ0) is 21.8. The molecule has 1 aromatic carbocycles. The number of ether oxygens (including phenoxy) is 1. The van der Waals surface area contributed by atoms with Crippen molar-refractivity contribution in [3.8, 4) is 5.69 Å². The zero-order valence-corrected chi connectivity index (χ0v) is 17.9. The van der Waals surface area contributed by atoms with Gasteiger partial charge in [-0.05, 0) is 42.6 Å². The molecule has 4 rings (SSSR count). The monoisotopic (exact) mass is 457 g/mol. The van der Waals surface area contributed by atoms with Crippen LogP contribution < -0.4 is 5.32 Å². The first-order valence-electron chi connectivity index (χ1n) is 9.18. The van der Waals surface area contributed by atoms with Crippen LogP contribution in [0, 0.1) is 5.82 Å². The molecular weight excluding hydrogens is 441 g/mol. The number of benzene rings is 1. The molecule has 0 spiro atoms. The molecule has 0 aliphatic heterocycles. The number of carbonyl (C=O) groups excluding carboxylic acids is 2. The topological polar surface area (TPSA) is 99.0 Å². The summed E-state index contributed by atoms with van der Waals surface area (Å²) in [5.41, 5.74) is 1.54. The number of anilines is 1. The number of rotatable bonds is 7. The van der Waals surface area contributed by atoms with Gasteiger partial charge in [-0.15, -0.1) is 11.3 Å². The van der Waals surface area contributed by atoms with E-state index < -0.39 is 5.97 Å². The number of thioether (sulfide) groups is 1. The number of thiophene rings is 1. The Hall–Kier alpha value is -3.31. The minimum absolute atomic E-state index is 0.0774. The molecule has 0 bridgehead atoms. The highest BCUT2D eigenvalue weighted by Crippen LogP contribution is 2.27. The van der Waals surface area contributed by atoms with Crippen LogP contribution >= 0.6 is 23.1 Å². The maximum Gasteiger partial charge on any atom is 0.341 e. The molecular formula is C20H16FN5O3S2. The third-order valence-corrected chi connectivity index (χ3v) is 5.99. The molecule has 158 valence electrons. The fourth-order valence-corrected chi connectivity index (χ4v) is 4.33. The average Bonchev–Trinajstić information content (AvgIpc) is 3.40. The molecule has 0 aliphatic rings. The van der Waals surface area contributed by atoms with Gasteiger partial charge in [-0.25, -0.2) is 23.8 Å². The van der Waals surface area contributed by atoms with Crippen molar-refractivity contribution in [2.45, 2.75) is 11.9 Å². The van der Waals surface area contributed by atoms with Gasteiger partial charge in [-0.1, -0.05) is 11.8 Å². The first-order chi connectivity index (χ1) is 15.1. The van der Waals surface area contributed by atoms with Gasteiger partial charge < -0.3 is 10.1 Å². The van der Waals surface area contributed by atoms with Crippen LogP contribution in [0.2, 0.25) is 0 Å². The van der Waals surface area contributed by atoms with E-state index in [2.05, 4.69) is 20.4 Å². The number of hydrogen-bond acceptors (Lipinski definition) is 8. The number of hydrogen-bond donors (Lipinski definition) is 1. The Balaban J connectivity index is 1.47. The SMILES string of the molecule is CCOC(=O)c1ccsc1NC(=O)CSc1ncnc2c1cnn2-c1ccc(F)cc1. The van der Waals surface area contributed by atoms with Gasteiger partial charge in [0.2, 0.25) is 5.91 Å². The van der Waals surface area contributed by atoms with Crippen molar-refractivity contribution >= 4 is 51.0 Å². The smallest absolute Gasteiger partial charge is 0.341 e. The number of esters is 1.